The lowest BCUT2D eigenvalue weighted by molar-refractivity contribution is 0.0857. The van der Waals surface area contributed by atoms with Crippen molar-refractivity contribution in [2.24, 2.45) is 0 Å². The minimum atomic E-state index is -0.592. The predicted molar refractivity (Wildman–Crippen MR) is 92.1 cm³/mol. The van der Waals surface area contributed by atoms with E-state index in [1.807, 2.05) is 0 Å². The second-order valence-corrected chi connectivity index (χ2v) is 5.86. The van der Waals surface area contributed by atoms with E-state index < -0.39 is 11.7 Å². The molecule has 2 aromatic rings. The fraction of sp³-hybridized carbons (Fsp3) is 0.263. The normalized spacial score (nSPS) is 16.4. The van der Waals surface area contributed by atoms with Crippen molar-refractivity contribution in [3.05, 3.63) is 65.5 Å². The van der Waals surface area contributed by atoms with Crippen molar-refractivity contribution in [1.82, 2.24) is 5.32 Å². The molecule has 6 heteroatoms. The first kappa shape index (κ1) is 17.1. The molecule has 1 atom stereocenters. The molecule has 0 unspecified atom stereocenters. The fourth-order valence-corrected chi connectivity index (χ4v) is 2.70. The Labute approximate surface area is 145 Å². The Balaban J connectivity index is 1.63. The van der Waals surface area contributed by atoms with Gasteiger partial charge in [0.25, 0.3) is 11.8 Å². The molecule has 3 rings (SSSR count). The molecule has 0 bridgehead atoms. The monoisotopic (exact) mass is 342 g/mol. The van der Waals surface area contributed by atoms with Crippen molar-refractivity contribution in [2.45, 2.75) is 18.9 Å². The molecule has 1 fully saturated rings. The number of hydrogen-bond donors (Lipinski definition) is 2. The van der Waals surface area contributed by atoms with Crippen molar-refractivity contribution in [3.63, 3.8) is 0 Å². The van der Waals surface area contributed by atoms with Gasteiger partial charge in [-0.1, -0.05) is 18.2 Å². The largest absolute Gasteiger partial charge is 0.376 e. The van der Waals surface area contributed by atoms with Crippen LogP contribution in [-0.2, 0) is 4.74 Å². The first-order valence-corrected chi connectivity index (χ1v) is 8.19. The topological polar surface area (TPSA) is 67.4 Å². The van der Waals surface area contributed by atoms with Crippen LogP contribution in [0.25, 0.3) is 0 Å². The summed E-state index contributed by atoms with van der Waals surface area (Å²) in [4.78, 5) is 24.4. The Morgan fingerprint density at radius 2 is 1.96 bits per heavy atom. The summed E-state index contributed by atoms with van der Waals surface area (Å²) < 4.78 is 19.1. The lowest BCUT2D eigenvalue weighted by Crippen LogP contribution is -2.31. The van der Waals surface area contributed by atoms with Gasteiger partial charge in [-0.25, -0.2) is 4.39 Å². The van der Waals surface area contributed by atoms with E-state index in [0.29, 0.717) is 17.8 Å². The summed E-state index contributed by atoms with van der Waals surface area (Å²) in [6.07, 6.45) is 2.02. The fourth-order valence-electron chi connectivity index (χ4n) is 2.70. The smallest absolute Gasteiger partial charge is 0.258 e. The molecule has 2 amide bonds. The minimum Gasteiger partial charge on any atom is -0.376 e. The molecule has 2 aromatic carbocycles. The van der Waals surface area contributed by atoms with Crippen molar-refractivity contribution in [2.75, 3.05) is 18.5 Å². The van der Waals surface area contributed by atoms with Crippen molar-refractivity contribution < 1.29 is 18.7 Å². The van der Waals surface area contributed by atoms with Gasteiger partial charge in [-0.15, -0.1) is 0 Å². The minimum absolute atomic E-state index is 0.0456. The van der Waals surface area contributed by atoms with Crippen LogP contribution < -0.4 is 10.6 Å². The van der Waals surface area contributed by atoms with Crippen molar-refractivity contribution in [1.29, 1.82) is 0 Å². The molecule has 0 aromatic heterocycles. The number of benzene rings is 2. The molecule has 2 N–H and O–H groups in total. The first-order valence-electron chi connectivity index (χ1n) is 8.19. The molecule has 1 heterocycles. The van der Waals surface area contributed by atoms with Gasteiger partial charge in [0.05, 0.1) is 11.7 Å². The molecule has 130 valence electrons. The number of rotatable bonds is 5. The zero-order valence-corrected chi connectivity index (χ0v) is 13.6. The molecule has 0 spiro atoms. The second kappa shape index (κ2) is 7.90. The molecule has 25 heavy (non-hydrogen) atoms. The van der Waals surface area contributed by atoms with Gasteiger partial charge in [0.15, 0.2) is 0 Å². The van der Waals surface area contributed by atoms with Crippen LogP contribution in [0.5, 0.6) is 0 Å². The molecular formula is C19H19FN2O3. The third kappa shape index (κ3) is 4.42. The Morgan fingerprint density at radius 3 is 2.72 bits per heavy atom. The maximum Gasteiger partial charge on any atom is 0.258 e. The predicted octanol–water partition coefficient (Wildman–Crippen LogP) is 2.99. The molecule has 5 nitrogen and oxygen atoms in total. The van der Waals surface area contributed by atoms with E-state index in [2.05, 4.69) is 10.6 Å². The van der Waals surface area contributed by atoms with Gasteiger partial charge in [0.1, 0.15) is 5.82 Å². The van der Waals surface area contributed by atoms with E-state index in [9.17, 15) is 14.0 Å². The van der Waals surface area contributed by atoms with Gasteiger partial charge in [-0.2, -0.15) is 0 Å². The average Bonchev–Trinajstić information content (AvgIpc) is 3.14. The lowest BCUT2D eigenvalue weighted by atomic mass is 10.1. The Bertz CT molecular complexity index is 773. The molecule has 0 radical (unpaired) electrons. The van der Waals surface area contributed by atoms with Gasteiger partial charge in [-0.05, 0) is 43.2 Å². The number of carbonyl (C=O) groups excluding carboxylic acids is 2. The number of anilines is 1. The summed E-state index contributed by atoms with van der Waals surface area (Å²) in [6, 6.07) is 12.3. The van der Waals surface area contributed by atoms with E-state index in [4.69, 9.17) is 4.74 Å². The highest BCUT2D eigenvalue weighted by Gasteiger charge is 2.17. The third-order valence-electron chi connectivity index (χ3n) is 4.02. The standard InChI is InChI=1S/C19H19FN2O3/c20-17-9-2-1-8-16(17)19(24)22-14-6-3-5-13(11-14)18(23)21-12-15-7-4-10-25-15/h1-3,5-6,8-9,11,15H,4,7,10,12H2,(H,21,23)(H,22,24)/t15-/m1/s1. The summed E-state index contributed by atoms with van der Waals surface area (Å²) in [5.74, 6) is -1.39. The van der Waals surface area contributed by atoms with Gasteiger partial charge >= 0.3 is 0 Å². The van der Waals surface area contributed by atoms with Crippen LogP contribution in [0.1, 0.15) is 33.6 Å². The van der Waals surface area contributed by atoms with E-state index >= 15 is 0 Å². The quantitative estimate of drug-likeness (QED) is 0.878. The third-order valence-corrected chi connectivity index (χ3v) is 4.02. The maximum atomic E-state index is 13.7. The van der Waals surface area contributed by atoms with Gasteiger partial charge < -0.3 is 15.4 Å². The average molecular weight is 342 g/mol. The van der Waals surface area contributed by atoms with Gasteiger partial charge in [0, 0.05) is 24.4 Å². The SMILES string of the molecule is O=C(NC[C@H]1CCCO1)c1cccc(NC(=O)c2ccccc2F)c1. The molecule has 1 aliphatic heterocycles. The number of halogens is 1. The number of nitrogens with one attached hydrogen (secondary N) is 2. The highest BCUT2D eigenvalue weighted by Crippen LogP contribution is 2.15. The van der Waals surface area contributed by atoms with Crippen LogP contribution >= 0.6 is 0 Å². The van der Waals surface area contributed by atoms with E-state index in [1.165, 1.54) is 18.2 Å². The van der Waals surface area contributed by atoms with Crippen LogP contribution in [0.4, 0.5) is 10.1 Å². The highest BCUT2D eigenvalue weighted by atomic mass is 19.1. The Kier molecular flexibility index (Phi) is 5.40. The van der Waals surface area contributed by atoms with Crippen molar-refractivity contribution >= 4 is 17.5 Å². The lowest BCUT2D eigenvalue weighted by Gasteiger charge is -2.12. The van der Waals surface area contributed by atoms with Crippen molar-refractivity contribution in [3.8, 4) is 0 Å². The maximum absolute atomic E-state index is 13.7. The zero-order chi connectivity index (χ0) is 17.6. The Morgan fingerprint density at radius 1 is 1.12 bits per heavy atom. The summed E-state index contributed by atoms with van der Waals surface area (Å²) >= 11 is 0. The molecule has 1 aliphatic rings. The molecule has 0 saturated carbocycles. The second-order valence-electron chi connectivity index (χ2n) is 5.86. The summed E-state index contributed by atoms with van der Waals surface area (Å²) in [5, 5.41) is 5.43. The highest BCUT2D eigenvalue weighted by molar-refractivity contribution is 6.05. The Hall–Kier alpha value is -2.73. The number of ether oxygens (including phenoxy) is 1. The summed E-state index contributed by atoms with van der Waals surface area (Å²) in [7, 11) is 0. The molecule has 0 aliphatic carbocycles. The number of hydrogen-bond acceptors (Lipinski definition) is 3. The number of carbonyl (C=O) groups is 2. The molecular weight excluding hydrogens is 323 g/mol. The number of amides is 2. The van der Waals surface area contributed by atoms with Crippen LogP contribution in [0.15, 0.2) is 48.5 Å². The summed E-state index contributed by atoms with van der Waals surface area (Å²) in [5.41, 5.74) is 0.804. The zero-order valence-electron chi connectivity index (χ0n) is 13.6. The van der Waals surface area contributed by atoms with E-state index in [1.54, 1.807) is 30.3 Å². The van der Waals surface area contributed by atoms with Crippen LogP contribution in [-0.4, -0.2) is 31.1 Å². The van der Waals surface area contributed by atoms with E-state index in [0.717, 1.165) is 19.4 Å². The van der Waals surface area contributed by atoms with E-state index in [-0.39, 0.29) is 17.6 Å². The van der Waals surface area contributed by atoms with Crippen LogP contribution in [0.3, 0.4) is 0 Å². The summed E-state index contributed by atoms with van der Waals surface area (Å²) in [6.45, 7) is 1.20. The first-order chi connectivity index (χ1) is 12.1. The molecule has 1 saturated heterocycles. The van der Waals surface area contributed by atoms with Gasteiger partial charge in [0.2, 0.25) is 0 Å². The van der Waals surface area contributed by atoms with Crippen LogP contribution in [0, 0.1) is 5.82 Å². The van der Waals surface area contributed by atoms with Crippen LogP contribution in [0.2, 0.25) is 0 Å². The van der Waals surface area contributed by atoms with Gasteiger partial charge in [-0.3, -0.25) is 9.59 Å².